The monoisotopic (exact) mass is 274 g/mol. The SMILES string of the molecule is CC(C)CCN[C@@H]1CS(=O)(=O)C[C@H]1N1CCCC1. The molecule has 106 valence electrons. The van der Waals surface area contributed by atoms with Crippen molar-refractivity contribution in [2.75, 3.05) is 31.1 Å². The molecule has 0 unspecified atom stereocenters. The first-order chi connectivity index (χ1) is 8.48. The molecule has 18 heavy (non-hydrogen) atoms. The average molecular weight is 274 g/mol. The summed E-state index contributed by atoms with van der Waals surface area (Å²) in [7, 11) is -2.84. The fraction of sp³-hybridized carbons (Fsp3) is 1.00. The second-order valence-corrected chi connectivity index (χ2v) is 8.28. The Balaban J connectivity index is 1.92. The van der Waals surface area contributed by atoms with E-state index in [9.17, 15) is 8.42 Å². The van der Waals surface area contributed by atoms with Gasteiger partial charge >= 0.3 is 0 Å². The van der Waals surface area contributed by atoms with Crippen molar-refractivity contribution in [2.24, 2.45) is 5.92 Å². The van der Waals surface area contributed by atoms with E-state index in [1.807, 2.05) is 0 Å². The lowest BCUT2D eigenvalue weighted by Crippen LogP contribution is -2.48. The third-order valence-corrected chi connectivity index (χ3v) is 5.78. The molecule has 2 fully saturated rings. The molecule has 2 rings (SSSR count). The molecule has 0 radical (unpaired) electrons. The van der Waals surface area contributed by atoms with Gasteiger partial charge in [0.05, 0.1) is 11.5 Å². The number of sulfone groups is 1. The lowest BCUT2D eigenvalue weighted by molar-refractivity contribution is 0.225. The molecule has 2 aliphatic heterocycles. The highest BCUT2D eigenvalue weighted by Crippen LogP contribution is 2.22. The van der Waals surface area contributed by atoms with Gasteiger partial charge in [-0.05, 0) is 44.8 Å². The summed E-state index contributed by atoms with van der Waals surface area (Å²) in [5.41, 5.74) is 0. The van der Waals surface area contributed by atoms with Gasteiger partial charge in [0.1, 0.15) is 0 Å². The van der Waals surface area contributed by atoms with Crippen LogP contribution in [0, 0.1) is 5.92 Å². The highest BCUT2D eigenvalue weighted by atomic mass is 32.2. The van der Waals surface area contributed by atoms with Crippen LogP contribution in [-0.4, -0.2) is 56.5 Å². The fourth-order valence-corrected chi connectivity index (χ4v) is 5.00. The number of nitrogens with one attached hydrogen (secondary N) is 1. The van der Waals surface area contributed by atoms with Crippen LogP contribution in [0.2, 0.25) is 0 Å². The van der Waals surface area contributed by atoms with Crippen molar-refractivity contribution in [1.82, 2.24) is 10.2 Å². The summed E-state index contributed by atoms with van der Waals surface area (Å²) >= 11 is 0. The van der Waals surface area contributed by atoms with Gasteiger partial charge in [-0.1, -0.05) is 13.8 Å². The average Bonchev–Trinajstić information content (AvgIpc) is 2.84. The van der Waals surface area contributed by atoms with Crippen LogP contribution in [0.5, 0.6) is 0 Å². The van der Waals surface area contributed by atoms with E-state index < -0.39 is 9.84 Å². The molecule has 0 amide bonds. The Morgan fingerprint density at radius 1 is 1.22 bits per heavy atom. The number of hydrogen-bond donors (Lipinski definition) is 1. The number of hydrogen-bond acceptors (Lipinski definition) is 4. The van der Waals surface area contributed by atoms with Gasteiger partial charge in [0.2, 0.25) is 0 Å². The summed E-state index contributed by atoms with van der Waals surface area (Å²) in [6, 6.07) is 0.358. The Morgan fingerprint density at radius 2 is 1.89 bits per heavy atom. The lowest BCUT2D eigenvalue weighted by Gasteiger charge is -2.28. The first kappa shape index (κ1) is 14.3. The Labute approximate surface area is 111 Å². The molecule has 2 atom stereocenters. The van der Waals surface area contributed by atoms with Crippen LogP contribution in [-0.2, 0) is 9.84 Å². The summed E-state index contributed by atoms with van der Waals surface area (Å²) in [5.74, 6) is 1.35. The quantitative estimate of drug-likeness (QED) is 0.809. The van der Waals surface area contributed by atoms with Crippen molar-refractivity contribution in [3.63, 3.8) is 0 Å². The molecule has 2 heterocycles. The van der Waals surface area contributed by atoms with Crippen molar-refractivity contribution in [1.29, 1.82) is 0 Å². The second-order valence-electron chi connectivity index (χ2n) is 6.13. The van der Waals surface area contributed by atoms with E-state index in [0.29, 0.717) is 17.4 Å². The van der Waals surface area contributed by atoms with Gasteiger partial charge in [0.15, 0.2) is 9.84 Å². The molecule has 0 bridgehead atoms. The van der Waals surface area contributed by atoms with E-state index in [4.69, 9.17) is 0 Å². The highest BCUT2D eigenvalue weighted by molar-refractivity contribution is 7.91. The molecular weight excluding hydrogens is 248 g/mol. The van der Waals surface area contributed by atoms with Crippen LogP contribution in [0.3, 0.4) is 0 Å². The number of rotatable bonds is 5. The molecule has 0 aromatic heterocycles. The van der Waals surface area contributed by atoms with Crippen molar-refractivity contribution < 1.29 is 8.42 Å². The zero-order valence-corrected chi connectivity index (χ0v) is 12.4. The van der Waals surface area contributed by atoms with Crippen LogP contribution < -0.4 is 5.32 Å². The van der Waals surface area contributed by atoms with Gasteiger partial charge < -0.3 is 5.32 Å². The largest absolute Gasteiger partial charge is 0.311 e. The maximum absolute atomic E-state index is 11.8. The summed E-state index contributed by atoms with van der Waals surface area (Å²) in [5, 5.41) is 3.47. The van der Waals surface area contributed by atoms with E-state index in [0.717, 1.165) is 26.1 Å². The summed E-state index contributed by atoms with van der Waals surface area (Å²) in [4.78, 5) is 2.37. The predicted molar refractivity (Wildman–Crippen MR) is 74.5 cm³/mol. The van der Waals surface area contributed by atoms with E-state index >= 15 is 0 Å². The Hall–Kier alpha value is -0.130. The summed E-state index contributed by atoms with van der Waals surface area (Å²) < 4.78 is 23.7. The third-order valence-electron chi connectivity index (χ3n) is 4.06. The minimum Gasteiger partial charge on any atom is -0.311 e. The molecular formula is C13H26N2O2S. The first-order valence-electron chi connectivity index (χ1n) is 7.16. The standard InChI is InChI=1S/C13H26N2O2S/c1-11(2)5-6-14-12-9-18(16,17)10-13(12)15-7-3-4-8-15/h11-14H,3-10H2,1-2H3/t12-,13-/m1/s1. The van der Waals surface area contributed by atoms with Crippen LogP contribution >= 0.6 is 0 Å². The first-order valence-corrected chi connectivity index (χ1v) is 8.98. The minimum absolute atomic E-state index is 0.145. The molecule has 2 saturated heterocycles. The van der Waals surface area contributed by atoms with Gasteiger partial charge in [-0.2, -0.15) is 0 Å². The maximum atomic E-state index is 11.8. The van der Waals surface area contributed by atoms with Crippen molar-refractivity contribution in [3.05, 3.63) is 0 Å². The van der Waals surface area contributed by atoms with Gasteiger partial charge in [-0.15, -0.1) is 0 Å². The maximum Gasteiger partial charge on any atom is 0.153 e. The van der Waals surface area contributed by atoms with Crippen LogP contribution in [0.1, 0.15) is 33.1 Å². The predicted octanol–water partition coefficient (Wildman–Crippen LogP) is 0.884. The van der Waals surface area contributed by atoms with Gasteiger partial charge in [0, 0.05) is 12.1 Å². The van der Waals surface area contributed by atoms with Crippen molar-refractivity contribution in [3.8, 4) is 0 Å². The molecule has 0 aliphatic carbocycles. The Morgan fingerprint density at radius 3 is 2.50 bits per heavy atom. The van der Waals surface area contributed by atoms with Gasteiger partial charge in [-0.3, -0.25) is 4.90 Å². The normalized spacial score (nSPS) is 32.4. The highest BCUT2D eigenvalue weighted by Gasteiger charge is 2.41. The minimum atomic E-state index is -2.84. The van der Waals surface area contributed by atoms with Crippen LogP contribution in [0.15, 0.2) is 0 Å². The number of nitrogens with zero attached hydrogens (tertiary/aromatic N) is 1. The summed E-state index contributed by atoms with van der Waals surface area (Å²) in [6.45, 7) is 7.48. The molecule has 0 aromatic carbocycles. The topological polar surface area (TPSA) is 49.4 Å². The Bertz CT molecular complexity index is 361. The Kier molecular flexibility index (Phi) is 4.67. The van der Waals surface area contributed by atoms with Crippen LogP contribution in [0.4, 0.5) is 0 Å². The molecule has 0 aromatic rings. The van der Waals surface area contributed by atoms with Crippen LogP contribution in [0.25, 0.3) is 0 Å². The van der Waals surface area contributed by atoms with Gasteiger partial charge in [-0.25, -0.2) is 8.42 Å². The van der Waals surface area contributed by atoms with E-state index in [1.165, 1.54) is 12.8 Å². The molecule has 2 aliphatic rings. The molecule has 1 N–H and O–H groups in total. The van der Waals surface area contributed by atoms with Crippen molar-refractivity contribution >= 4 is 9.84 Å². The second kappa shape index (κ2) is 5.88. The molecule has 4 nitrogen and oxygen atoms in total. The van der Waals surface area contributed by atoms with E-state index in [1.54, 1.807) is 0 Å². The smallest absolute Gasteiger partial charge is 0.153 e. The molecule has 0 spiro atoms. The molecule has 5 heteroatoms. The van der Waals surface area contributed by atoms with Gasteiger partial charge in [0.25, 0.3) is 0 Å². The zero-order chi connectivity index (χ0) is 13.2. The van der Waals surface area contributed by atoms with E-state index in [-0.39, 0.29) is 12.1 Å². The zero-order valence-electron chi connectivity index (χ0n) is 11.6. The van der Waals surface area contributed by atoms with Crippen molar-refractivity contribution in [2.45, 2.75) is 45.2 Å². The lowest BCUT2D eigenvalue weighted by atomic mass is 10.1. The molecule has 0 saturated carbocycles. The fourth-order valence-electron chi connectivity index (χ4n) is 3.01. The number of likely N-dealkylation sites (tertiary alicyclic amines) is 1. The van der Waals surface area contributed by atoms with E-state index in [2.05, 4.69) is 24.1 Å². The third kappa shape index (κ3) is 3.68. The summed E-state index contributed by atoms with van der Waals surface area (Å²) in [6.07, 6.45) is 3.55.